The molecule has 1 N–H and O–H groups in total. The monoisotopic (exact) mass is 405 g/mol. The first-order chi connectivity index (χ1) is 13.8. The van der Waals surface area contributed by atoms with E-state index in [0.717, 1.165) is 5.56 Å². The molecule has 1 aliphatic rings. The lowest BCUT2D eigenvalue weighted by Gasteiger charge is -2.18. The number of hydrogen-bond acceptors (Lipinski definition) is 9. The molecular formula is C19H23N3O7. The van der Waals surface area contributed by atoms with Crippen LogP contribution in [0.15, 0.2) is 33.8 Å². The van der Waals surface area contributed by atoms with Crippen LogP contribution in [0.5, 0.6) is 0 Å². The molecule has 0 bridgehead atoms. The molecule has 0 aromatic carbocycles. The van der Waals surface area contributed by atoms with Crippen molar-refractivity contribution in [2.24, 2.45) is 0 Å². The van der Waals surface area contributed by atoms with Gasteiger partial charge < -0.3 is 23.9 Å². The predicted octanol–water partition coefficient (Wildman–Crippen LogP) is 1.54. The highest BCUT2D eigenvalue weighted by Crippen LogP contribution is 2.30. The Labute approximate surface area is 166 Å². The number of rotatable bonds is 7. The van der Waals surface area contributed by atoms with Crippen molar-refractivity contribution in [1.82, 2.24) is 9.55 Å². The summed E-state index contributed by atoms with van der Waals surface area (Å²) in [7, 11) is 0. The van der Waals surface area contributed by atoms with Crippen molar-refractivity contribution < 1.29 is 28.2 Å². The Hall–Kier alpha value is -3.14. The molecule has 1 fully saturated rings. The normalized spacial score (nSPS) is 21.0. The van der Waals surface area contributed by atoms with Crippen LogP contribution in [0.4, 0.5) is 5.82 Å². The van der Waals surface area contributed by atoms with Gasteiger partial charge in [-0.15, -0.1) is 0 Å². The van der Waals surface area contributed by atoms with Crippen LogP contribution in [-0.2, 0) is 30.3 Å². The number of hydrogen-bond donors (Lipinski definition) is 1. The van der Waals surface area contributed by atoms with E-state index in [4.69, 9.17) is 18.6 Å². The van der Waals surface area contributed by atoms with Gasteiger partial charge in [-0.3, -0.25) is 14.2 Å². The molecule has 29 heavy (non-hydrogen) atoms. The third-order valence-corrected chi connectivity index (χ3v) is 4.40. The Morgan fingerprint density at radius 1 is 1.34 bits per heavy atom. The molecule has 3 rings (SSSR count). The minimum absolute atomic E-state index is 0.0757. The standard InChI is InChI=1S/C19H23N3O7/c1-11-9-22(19(25)21-18(11)20-8-14-5-4-6-26-14)17-7-15(28-13(3)24)16(29-17)10-27-12(2)23/h4-6,9,15-17H,7-8,10H2,1-3H3,(H,20,21,25)/t15-,16-,17-/m1/s1. The maximum atomic E-state index is 12.6. The third-order valence-electron chi connectivity index (χ3n) is 4.40. The molecule has 3 heterocycles. The fourth-order valence-electron chi connectivity index (χ4n) is 3.09. The zero-order chi connectivity index (χ0) is 21.0. The van der Waals surface area contributed by atoms with E-state index in [1.54, 1.807) is 18.5 Å². The zero-order valence-corrected chi connectivity index (χ0v) is 16.4. The number of furan rings is 1. The maximum Gasteiger partial charge on any atom is 0.351 e. The Bertz CT molecular complexity index is 922. The summed E-state index contributed by atoms with van der Waals surface area (Å²) >= 11 is 0. The van der Waals surface area contributed by atoms with Gasteiger partial charge in [-0.25, -0.2) is 4.79 Å². The van der Waals surface area contributed by atoms with Crippen LogP contribution in [0, 0.1) is 6.92 Å². The molecule has 0 saturated carbocycles. The lowest BCUT2D eigenvalue weighted by molar-refractivity contribution is -0.155. The van der Waals surface area contributed by atoms with Gasteiger partial charge >= 0.3 is 17.6 Å². The van der Waals surface area contributed by atoms with Crippen molar-refractivity contribution in [2.75, 3.05) is 11.9 Å². The molecular weight excluding hydrogens is 382 g/mol. The van der Waals surface area contributed by atoms with Crippen molar-refractivity contribution in [1.29, 1.82) is 0 Å². The number of carbonyl (C=O) groups is 2. The number of carbonyl (C=O) groups excluding carboxylic acids is 2. The lowest BCUT2D eigenvalue weighted by Crippen LogP contribution is -2.31. The molecule has 0 amide bonds. The summed E-state index contributed by atoms with van der Waals surface area (Å²) in [5.74, 6) is 0.201. The predicted molar refractivity (Wildman–Crippen MR) is 100.0 cm³/mol. The second kappa shape index (κ2) is 8.91. The maximum absolute atomic E-state index is 12.6. The SMILES string of the molecule is CC(=O)OC[C@H]1O[C@@H](n2cc(C)c(NCc3ccco3)nc2=O)C[C@H]1OC(C)=O. The molecule has 1 saturated heterocycles. The summed E-state index contributed by atoms with van der Waals surface area (Å²) in [5, 5.41) is 3.06. The topological polar surface area (TPSA) is 122 Å². The summed E-state index contributed by atoms with van der Waals surface area (Å²) in [5.41, 5.74) is 0.212. The van der Waals surface area contributed by atoms with E-state index >= 15 is 0 Å². The zero-order valence-electron chi connectivity index (χ0n) is 16.4. The van der Waals surface area contributed by atoms with Gasteiger partial charge in [0.15, 0.2) is 0 Å². The van der Waals surface area contributed by atoms with Gasteiger partial charge in [0.25, 0.3) is 0 Å². The smallest absolute Gasteiger partial charge is 0.351 e. The van der Waals surface area contributed by atoms with Crippen LogP contribution < -0.4 is 11.0 Å². The van der Waals surface area contributed by atoms with E-state index in [9.17, 15) is 14.4 Å². The summed E-state index contributed by atoms with van der Waals surface area (Å²) in [6, 6.07) is 3.59. The van der Waals surface area contributed by atoms with Crippen molar-refractivity contribution in [3.63, 3.8) is 0 Å². The van der Waals surface area contributed by atoms with E-state index in [0.29, 0.717) is 18.1 Å². The highest BCUT2D eigenvalue weighted by molar-refractivity contribution is 5.66. The van der Waals surface area contributed by atoms with Crippen LogP contribution >= 0.6 is 0 Å². The molecule has 0 aliphatic carbocycles. The minimum atomic E-state index is -0.697. The van der Waals surface area contributed by atoms with Crippen LogP contribution in [0.3, 0.4) is 0 Å². The first kappa shape index (κ1) is 20.6. The first-order valence-corrected chi connectivity index (χ1v) is 9.15. The van der Waals surface area contributed by atoms with Gasteiger partial charge in [-0.1, -0.05) is 0 Å². The van der Waals surface area contributed by atoms with Crippen molar-refractivity contribution >= 4 is 17.8 Å². The molecule has 0 unspecified atom stereocenters. The van der Waals surface area contributed by atoms with Gasteiger partial charge in [-0.05, 0) is 19.1 Å². The van der Waals surface area contributed by atoms with E-state index < -0.39 is 36.1 Å². The second-order valence-corrected chi connectivity index (χ2v) is 6.71. The van der Waals surface area contributed by atoms with Crippen molar-refractivity contribution in [3.05, 3.63) is 46.4 Å². The van der Waals surface area contributed by atoms with Crippen LogP contribution in [0.2, 0.25) is 0 Å². The quantitative estimate of drug-likeness (QED) is 0.683. The number of nitrogens with one attached hydrogen (secondary N) is 1. The average molecular weight is 405 g/mol. The van der Waals surface area contributed by atoms with Crippen molar-refractivity contribution in [3.8, 4) is 0 Å². The highest BCUT2D eigenvalue weighted by Gasteiger charge is 2.39. The summed E-state index contributed by atoms with van der Waals surface area (Å²) in [6.45, 7) is 4.69. The van der Waals surface area contributed by atoms with Crippen LogP contribution in [-0.4, -0.2) is 40.3 Å². The van der Waals surface area contributed by atoms with Gasteiger partial charge in [0.05, 0.1) is 12.8 Å². The number of aromatic nitrogens is 2. The van der Waals surface area contributed by atoms with E-state index in [1.807, 2.05) is 13.0 Å². The molecule has 3 atom stereocenters. The molecule has 10 nitrogen and oxygen atoms in total. The van der Waals surface area contributed by atoms with Gasteiger partial charge in [0.2, 0.25) is 0 Å². The highest BCUT2D eigenvalue weighted by atomic mass is 16.6. The number of esters is 2. The molecule has 2 aromatic rings. The molecule has 2 aromatic heterocycles. The number of nitrogens with zero attached hydrogens (tertiary/aromatic N) is 2. The average Bonchev–Trinajstić information content (AvgIpc) is 3.30. The minimum Gasteiger partial charge on any atom is -0.467 e. The van der Waals surface area contributed by atoms with Gasteiger partial charge in [0, 0.05) is 32.0 Å². The number of anilines is 1. The van der Waals surface area contributed by atoms with Crippen LogP contribution in [0.25, 0.3) is 0 Å². The summed E-state index contributed by atoms with van der Waals surface area (Å²) in [4.78, 5) is 39.1. The molecule has 156 valence electrons. The third kappa shape index (κ3) is 5.23. The Kier molecular flexibility index (Phi) is 6.32. The van der Waals surface area contributed by atoms with Gasteiger partial charge in [-0.2, -0.15) is 4.98 Å². The Balaban J connectivity index is 1.74. The largest absolute Gasteiger partial charge is 0.467 e. The first-order valence-electron chi connectivity index (χ1n) is 9.15. The molecule has 10 heteroatoms. The molecule has 1 aliphatic heterocycles. The van der Waals surface area contributed by atoms with Crippen LogP contribution in [0.1, 0.15) is 37.8 Å². The Morgan fingerprint density at radius 2 is 2.14 bits per heavy atom. The van der Waals surface area contributed by atoms with E-state index in [-0.39, 0.29) is 13.0 Å². The Morgan fingerprint density at radius 3 is 2.79 bits per heavy atom. The second-order valence-electron chi connectivity index (χ2n) is 6.71. The van der Waals surface area contributed by atoms with Gasteiger partial charge in [0.1, 0.15) is 36.6 Å². The number of aryl methyl sites for hydroxylation is 1. The molecule has 0 radical (unpaired) electrons. The molecule has 0 spiro atoms. The lowest BCUT2D eigenvalue weighted by atomic mass is 10.2. The summed E-state index contributed by atoms with van der Waals surface area (Å²) in [6.07, 6.45) is 1.43. The fourth-order valence-corrected chi connectivity index (χ4v) is 3.09. The van der Waals surface area contributed by atoms with E-state index in [1.165, 1.54) is 18.4 Å². The fraction of sp³-hybridized carbons (Fsp3) is 0.474. The number of ether oxygens (including phenoxy) is 3. The summed E-state index contributed by atoms with van der Waals surface area (Å²) < 4.78 is 22.7. The van der Waals surface area contributed by atoms with Crippen molar-refractivity contribution in [2.45, 2.75) is 52.2 Å². The van der Waals surface area contributed by atoms with E-state index in [2.05, 4.69) is 10.3 Å².